The zero-order valence-electron chi connectivity index (χ0n) is 17.7. The molecule has 4 heterocycles. The van der Waals surface area contributed by atoms with Crippen LogP contribution in [0.4, 0.5) is 5.13 Å². The number of halogens is 2. The van der Waals surface area contributed by atoms with Gasteiger partial charge in [-0.15, -0.1) is 11.3 Å². The predicted molar refractivity (Wildman–Crippen MR) is 135 cm³/mol. The van der Waals surface area contributed by atoms with Gasteiger partial charge in [0.15, 0.2) is 5.13 Å². The van der Waals surface area contributed by atoms with E-state index in [2.05, 4.69) is 4.98 Å². The van der Waals surface area contributed by atoms with Crippen LogP contribution in [0.2, 0.25) is 9.36 Å². The Bertz CT molecular complexity index is 1430. The van der Waals surface area contributed by atoms with Crippen molar-refractivity contribution in [1.82, 2.24) is 9.29 Å². The van der Waals surface area contributed by atoms with Gasteiger partial charge in [0, 0.05) is 6.54 Å². The number of sulfonamides is 1. The average molecular weight is 557 g/mol. The first kappa shape index (κ1) is 23.8. The highest BCUT2D eigenvalue weighted by Gasteiger charge is 2.41. The predicted octanol–water partition coefficient (Wildman–Crippen LogP) is 6.03. The van der Waals surface area contributed by atoms with Crippen LogP contribution in [0.3, 0.4) is 0 Å². The number of hydrogen-bond donors (Lipinski definition) is 0. The Labute approximate surface area is 214 Å². The molecular formula is C22H19Cl2N3O4S3. The van der Waals surface area contributed by atoms with E-state index in [9.17, 15) is 13.2 Å². The molecule has 7 nitrogen and oxygen atoms in total. The standard InChI is InChI=1S/C22H19Cl2N3O4S3/c23-15-6-3-8-17-20(15)25-22(32-17)26(13-14-5-4-12-31-14)21(28)16-7-1-2-11-27(16)34(29,30)19-10-9-18(24)33-19/h3-6,8-10,12,16H,1-2,7,11,13H2. The van der Waals surface area contributed by atoms with Crippen molar-refractivity contribution in [3.8, 4) is 0 Å². The maximum absolute atomic E-state index is 14.0. The van der Waals surface area contributed by atoms with Crippen LogP contribution in [-0.4, -0.2) is 36.2 Å². The Balaban J connectivity index is 1.54. The maximum atomic E-state index is 14.0. The van der Waals surface area contributed by atoms with Crippen molar-refractivity contribution in [2.24, 2.45) is 0 Å². The molecule has 1 saturated heterocycles. The summed E-state index contributed by atoms with van der Waals surface area (Å²) in [5.74, 6) is 0.214. The molecule has 0 saturated carbocycles. The molecule has 1 atom stereocenters. The van der Waals surface area contributed by atoms with E-state index < -0.39 is 16.1 Å². The number of thiazole rings is 1. The lowest BCUT2D eigenvalue weighted by molar-refractivity contribution is -0.123. The van der Waals surface area contributed by atoms with E-state index in [0.29, 0.717) is 38.6 Å². The SMILES string of the molecule is O=C(C1CCCCN1S(=O)(=O)c1ccc(Cl)s1)N(Cc1ccco1)c1nc2c(Cl)cccc2s1. The summed E-state index contributed by atoms with van der Waals surface area (Å²) in [4.78, 5) is 20.1. The van der Waals surface area contributed by atoms with Gasteiger partial charge in [-0.1, -0.05) is 47.0 Å². The minimum Gasteiger partial charge on any atom is -0.467 e. The minimum atomic E-state index is -3.89. The van der Waals surface area contributed by atoms with E-state index in [1.165, 1.54) is 32.9 Å². The van der Waals surface area contributed by atoms with E-state index in [0.717, 1.165) is 22.5 Å². The molecule has 1 aromatic carbocycles. The van der Waals surface area contributed by atoms with Gasteiger partial charge in [0.05, 0.1) is 26.9 Å². The van der Waals surface area contributed by atoms with Crippen LogP contribution in [0, 0.1) is 0 Å². The number of thiophene rings is 1. The third-order valence-corrected chi connectivity index (χ3v) is 10.6. The monoisotopic (exact) mass is 555 g/mol. The van der Waals surface area contributed by atoms with Crippen LogP contribution in [0.25, 0.3) is 10.2 Å². The third kappa shape index (κ3) is 4.50. The van der Waals surface area contributed by atoms with Gasteiger partial charge < -0.3 is 4.42 Å². The first-order valence-corrected chi connectivity index (χ1v) is 14.3. The average Bonchev–Trinajstić information content (AvgIpc) is 3.58. The fraction of sp³-hybridized carbons (Fsp3) is 0.273. The Kier molecular flexibility index (Phi) is 6.71. The van der Waals surface area contributed by atoms with E-state index in [4.69, 9.17) is 27.6 Å². The lowest BCUT2D eigenvalue weighted by Gasteiger charge is -2.35. The molecule has 0 N–H and O–H groups in total. The normalized spacial score (nSPS) is 17.3. The number of carbonyl (C=O) groups excluding carboxylic acids is 1. The quantitative estimate of drug-likeness (QED) is 0.290. The fourth-order valence-corrected chi connectivity index (χ4v) is 8.52. The first-order chi connectivity index (χ1) is 16.3. The molecule has 1 fully saturated rings. The topological polar surface area (TPSA) is 83.7 Å². The second-order valence-electron chi connectivity index (χ2n) is 7.77. The van der Waals surface area contributed by atoms with Crippen molar-refractivity contribution >= 4 is 77.2 Å². The second kappa shape index (κ2) is 9.60. The molecule has 0 bridgehead atoms. The Morgan fingerprint density at radius 2 is 2.00 bits per heavy atom. The Morgan fingerprint density at radius 3 is 2.71 bits per heavy atom. The molecule has 5 rings (SSSR count). The summed E-state index contributed by atoms with van der Waals surface area (Å²) >= 11 is 14.6. The van der Waals surface area contributed by atoms with Crippen LogP contribution >= 0.6 is 45.9 Å². The number of rotatable bonds is 6. The summed E-state index contributed by atoms with van der Waals surface area (Å²) in [5.41, 5.74) is 0.600. The highest BCUT2D eigenvalue weighted by Crippen LogP contribution is 2.36. The Hall–Kier alpha value is -1.95. The summed E-state index contributed by atoms with van der Waals surface area (Å²) in [6.07, 6.45) is 3.37. The van der Waals surface area contributed by atoms with Crippen LogP contribution in [0.15, 0.2) is 57.4 Å². The number of hydrogen-bond acceptors (Lipinski definition) is 7. The molecule has 1 unspecified atom stereocenters. The van der Waals surface area contributed by atoms with Gasteiger partial charge in [0.1, 0.15) is 21.5 Å². The number of benzene rings is 1. The maximum Gasteiger partial charge on any atom is 0.253 e. The van der Waals surface area contributed by atoms with E-state index >= 15 is 0 Å². The summed E-state index contributed by atoms with van der Waals surface area (Å²) in [5, 5.41) is 0.924. The number of carbonyl (C=O) groups is 1. The van der Waals surface area contributed by atoms with Gasteiger partial charge in [0.2, 0.25) is 5.91 Å². The van der Waals surface area contributed by atoms with Crippen molar-refractivity contribution in [1.29, 1.82) is 0 Å². The van der Waals surface area contributed by atoms with Gasteiger partial charge in [0.25, 0.3) is 10.0 Å². The number of nitrogens with zero attached hydrogens (tertiary/aromatic N) is 3. The van der Waals surface area contributed by atoms with Gasteiger partial charge in [-0.2, -0.15) is 4.31 Å². The van der Waals surface area contributed by atoms with Gasteiger partial charge in [-0.25, -0.2) is 13.4 Å². The van der Waals surface area contributed by atoms with Crippen molar-refractivity contribution in [2.75, 3.05) is 11.4 Å². The van der Waals surface area contributed by atoms with E-state index in [-0.39, 0.29) is 23.2 Å². The number of furan rings is 1. The van der Waals surface area contributed by atoms with Crippen molar-refractivity contribution in [3.63, 3.8) is 0 Å². The third-order valence-electron chi connectivity index (χ3n) is 5.60. The van der Waals surface area contributed by atoms with Crippen LogP contribution < -0.4 is 4.90 Å². The molecule has 1 amide bonds. The molecule has 34 heavy (non-hydrogen) atoms. The molecule has 178 valence electrons. The zero-order chi connectivity index (χ0) is 23.9. The molecule has 1 aliphatic rings. The highest BCUT2D eigenvalue weighted by atomic mass is 35.5. The summed E-state index contributed by atoms with van der Waals surface area (Å²) in [6.45, 7) is 0.382. The molecular weight excluding hydrogens is 537 g/mol. The molecule has 1 aliphatic heterocycles. The van der Waals surface area contributed by atoms with Crippen molar-refractivity contribution in [3.05, 3.63) is 63.8 Å². The molecule has 0 spiro atoms. The number of para-hydroxylation sites is 1. The molecule has 3 aromatic heterocycles. The molecule has 4 aromatic rings. The van der Waals surface area contributed by atoms with Gasteiger partial charge in [-0.05, 0) is 49.2 Å². The van der Waals surface area contributed by atoms with E-state index in [1.54, 1.807) is 24.3 Å². The van der Waals surface area contributed by atoms with Crippen molar-refractivity contribution in [2.45, 2.75) is 36.1 Å². The summed E-state index contributed by atoms with van der Waals surface area (Å²) in [6, 6.07) is 11.1. The highest BCUT2D eigenvalue weighted by molar-refractivity contribution is 7.91. The van der Waals surface area contributed by atoms with Crippen LogP contribution in [0.5, 0.6) is 0 Å². The molecule has 0 radical (unpaired) electrons. The fourth-order valence-electron chi connectivity index (χ4n) is 3.99. The smallest absolute Gasteiger partial charge is 0.253 e. The summed E-state index contributed by atoms with van der Waals surface area (Å²) < 4.78 is 35.0. The number of aromatic nitrogens is 1. The van der Waals surface area contributed by atoms with Crippen LogP contribution in [-0.2, 0) is 21.4 Å². The first-order valence-electron chi connectivity index (χ1n) is 10.5. The number of anilines is 1. The second-order valence-corrected chi connectivity index (χ2v) is 13.0. The number of amides is 1. The number of piperidine rings is 1. The van der Waals surface area contributed by atoms with Crippen molar-refractivity contribution < 1.29 is 17.6 Å². The van der Waals surface area contributed by atoms with Crippen LogP contribution in [0.1, 0.15) is 25.0 Å². The summed E-state index contributed by atoms with van der Waals surface area (Å²) in [7, 11) is -3.89. The number of fused-ring (bicyclic) bond motifs is 1. The lowest BCUT2D eigenvalue weighted by atomic mass is 10.0. The Morgan fingerprint density at radius 1 is 1.15 bits per heavy atom. The zero-order valence-corrected chi connectivity index (χ0v) is 21.6. The van der Waals surface area contributed by atoms with Gasteiger partial charge in [-0.3, -0.25) is 9.69 Å². The van der Waals surface area contributed by atoms with Gasteiger partial charge >= 0.3 is 0 Å². The molecule has 12 heteroatoms. The van der Waals surface area contributed by atoms with E-state index in [1.807, 2.05) is 12.1 Å². The largest absolute Gasteiger partial charge is 0.467 e. The minimum absolute atomic E-state index is 0.124. The molecule has 0 aliphatic carbocycles. The lowest BCUT2D eigenvalue weighted by Crippen LogP contribution is -2.52.